The fourth-order valence-corrected chi connectivity index (χ4v) is 3.82. The van der Waals surface area contributed by atoms with Crippen LogP contribution in [0.1, 0.15) is 23.0 Å². The number of rotatable bonds is 3. The lowest BCUT2D eigenvalue weighted by Gasteiger charge is -2.38. The molecule has 2 amide bonds. The van der Waals surface area contributed by atoms with Gasteiger partial charge in [0, 0.05) is 38.4 Å². The Morgan fingerprint density at radius 3 is 2.50 bits per heavy atom. The molecular formula is C20H23N3O3. The van der Waals surface area contributed by atoms with Gasteiger partial charge in [0.15, 0.2) is 5.76 Å². The summed E-state index contributed by atoms with van der Waals surface area (Å²) in [6, 6.07) is 11.3. The van der Waals surface area contributed by atoms with Gasteiger partial charge >= 0.3 is 0 Å². The average Bonchev–Trinajstić information content (AvgIpc) is 3.36. The molecular weight excluding hydrogens is 330 g/mol. The van der Waals surface area contributed by atoms with E-state index in [0.717, 1.165) is 18.7 Å². The van der Waals surface area contributed by atoms with Gasteiger partial charge in [-0.25, -0.2) is 0 Å². The van der Waals surface area contributed by atoms with Crippen LogP contribution in [-0.4, -0.2) is 60.4 Å². The molecule has 0 N–H and O–H groups in total. The van der Waals surface area contributed by atoms with Crippen molar-refractivity contribution in [2.45, 2.75) is 19.4 Å². The lowest BCUT2D eigenvalue weighted by molar-refractivity contribution is -0.123. The molecule has 6 heteroatoms. The topological polar surface area (TPSA) is 57.0 Å². The molecule has 2 aliphatic heterocycles. The number of fused-ring (bicyclic) bond motifs is 1. The number of hydrogen-bond donors (Lipinski definition) is 0. The standard InChI is InChI=1S/C20H23N3O3/c1-15(19(24)23-9-8-16-5-2-3-6-17(16)23)21-10-12-22(13-11-21)20(25)18-7-4-14-26-18/h2-7,14-15H,8-13H2,1H3. The third kappa shape index (κ3) is 3.01. The molecule has 4 rings (SSSR count). The number of para-hydroxylation sites is 1. The Morgan fingerprint density at radius 1 is 1.00 bits per heavy atom. The van der Waals surface area contributed by atoms with E-state index < -0.39 is 0 Å². The van der Waals surface area contributed by atoms with Crippen LogP contribution >= 0.6 is 0 Å². The van der Waals surface area contributed by atoms with Crippen LogP contribution in [0.5, 0.6) is 0 Å². The van der Waals surface area contributed by atoms with Crippen LogP contribution in [0.25, 0.3) is 0 Å². The minimum Gasteiger partial charge on any atom is -0.459 e. The van der Waals surface area contributed by atoms with E-state index in [0.29, 0.717) is 31.9 Å². The van der Waals surface area contributed by atoms with Gasteiger partial charge in [0.2, 0.25) is 5.91 Å². The maximum absolute atomic E-state index is 13.0. The van der Waals surface area contributed by atoms with Crippen LogP contribution in [0.4, 0.5) is 5.69 Å². The SMILES string of the molecule is CC(C(=O)N1CCc2ccccc21)N1CCN(C(=O)c2ccco2)CC1. The minimum absolute atomic E-state index is 0.0814. The maximum atomic E-state index is 13.0. The van der Waals surface area contributed by atoms with E-state index in [1.54, 1.807) is 17.0 Å². The zero-order chi connectivity index (χ0) is 18.1. The predicted molar refractivity (Wildman–Crippen MR) is 98.1 cm³/mol. The summed E-state index contributed by atoms with van der Waals surface area (Å²) in [6.45, 7) is 5.30. The summed E-state index contributed by atoms with van der Waals surface area (Å²) in [7, 11) is 0. The number of hydrogen-bond acceptors (Lipinski definition) is 4. The van der Waals surface area contributed by atoms with Crippen molar-refractivity contribution in [2.75, 3.05) is 37.6 Å². The number of carbonyl (C=O) groups is 2. The van der Waals surface area contributed by atoms with Gasteiger partial charge in [-0.1, -0.05) is 18.2 Å². The molecule has 3 heterocycles. The Labute approximate surface area is 153 Å². The summed E-state index contributed by atoms with van der Waals surface area (Å²) in [5.41, 5.74) is 2.28. The quantitative estimate of drug-likeness (QED) is 0.847. The maximum Gasteiger partial charge on any atom is 0.289 e. The van der Waals surface area contributed by atoms with E-state index >= 15 is 0 Å². The second kappa shape index (κ2) is 6.96. The zero-order valence-corrected chi connectivity index (χ0v) is 14.9. The van der Waals surface area contributed by atoms with Crippen molar-refractivity contribution < 1.29 is 14.0 Å². The van der Waals surface area contributed by atoms with Gasteiger partial charge in [-0.2, -0.15) is 0 Å². The number of furan rings is 1. The van der Waals surface area contributed by atoms with Crippen molar-refractivity contribution in [1.82, 2.24) is 9.80 Å². The first-order valence-electron chi connectivity index (χ1n) is 9.11. The lowest BCUT2D eigenvalue weighted by Crippen LogP contribution is -2.55. The number of benzene rings is 1. The largest absolute Gasteiger partial charge is 0.459 e. The third-order valence-corrected chi connectivity index (χ3v) is 5.39. The highest BCUT2D eigenvalue weighted by Gasteiger charge is 2.33. The van der Waals surface area contributed by atoms with Crippen LogP contribution in [0.2, 0.25) is 0 Å². The highest BCUT2D eigenvalue weighted by atomic mass is 16.3. The molecule has 1 aromatic heterocycles. The molecule has 2 aromatic rings. The van der Waals surface area contributed by atoms with Crippen molar-refractivity contribution in [2.24, 2.45) is 0 Å². The molecule has 0 bridgehead atoms. The summed E-state index contributed by atoms with van der Waals surface area (Å²) < 4.78 is 5.20. The highest BCUT2D eigenvalue weighted by molar-refractivity contribution is 5.98. The molecule has 1 saturated heterocycles. The van der Waals surface area contributed by atoms with Gasteiger partial charge in [0.05, 0.1) is 12.3 Å². The van der Waals surface area contributed by atoms with E-state index in [4.69, 9.17) is 4.42 Å². The summed E-state index contributed by atoms with van der Waals surface area (Å²) in [6.07, 6.45) is 2.43. The lowest BCUT2D eigenvalue weighted by atomic mass is 10.1. The summed E-state index contributed by atoms with van der Waals surface area (Å²) in [4.78, 5) is 31.2. The van der Waals surface area contributed by atoms with E-state index in [-0.39, 0.29) is 17.9 Å². The van der Waals surface area contributed by atoms with Gasteiger partial charge in [0.25, 0.3) is 5.91 Å². The Morgan fingerprint density at radius 2 is 1.77 bits per heavy atom. The second-order valence-corrected chi connectivity index (χ2v) is 6.85. The summed E-state index contributed by atoms with van der Waals surface area (Å²) >= 11 is 0. The molecule has 26 heavy (non-hydrogen) atoms. The smallest absolute Gasteiger partial charge is 0.289 e. The fraction of sp³-hybridized carbons (Fsp3) is 0.400. The van der Waals surface area contributed by atoms with Crippen LogP contribution < -0.4 is 4.90 Å². The molecule has 6 nitrogen and oxygen atoms in total. The van der Waals surface area contributed by atoms with Gasteiger partial charge in [0.1, 0.15) is 0 Å². The van der Waals surface area contributed by atoms with Gasteiger partial charge in [-0.3, -0.25) is 14.5 Å². The Kier molecular flexibility index (Phi) is 4.51. The Balaban J connectivity index is 1.37. The summed E-state index contributed by atoms with van der Waals surface area (Å²) in [5, 5.41) is 0. The van der Waals surface area contributed by atoms with Crippen LogP contribution in [0.15, 0.2) is 47.1 Å². The molecule has 136 valence electrons. The van der Waals surface area contributed by atoms with Gasteiger partial charge in [-0.15, -0.1) is 0 Å². The Bertz CT molecular complexity index is 794. The van der Waals surface area contributed by atoms with E-state index in [1.165, 1.54) is 11.8 Å². The third-order valence-electron chi connectivity index (χ3n) is 5.39. The predicted octanol–water partition coefficient (Wildman–Crippen LogP) is 2.02. The van der Waals surface area contributed by atoms with Crippen molar-refractivity contribution in [3.63, 3.8) is 0 Å². The monoisotopic (exact) mass is 353 g/mol. The van der Waals surface area contributed by atoms with Crippen molar-refractivity contribution in [3.8, 4) is 0 Å². The first-order valence-corrected chi connectivity index (χ1v) is 9.11. The molecule has 2 aliphatic rings. The summed E-state index contributed by atoms with van der Waals surface area (Å²) in [5.74, 6) is 0.430. The van der Waals surface area contributed by atoms with Crippen LogP contribution in [0, 0.1) is 0 Å². The number of amides is 2. The van der Waals surface area contributed by atoms with E-state index in [9.17, 15) is 9.59 Å². The molecule has 1 fully saturated rings. The van der Waals surface area contributed by atoms with Crippen molar-refractivity contribution >= 4 is 17.5 Å². The highest BCUT2D eigenvalue weighted by Crippen LogP contribution is 2.28. The second-order valence-electron chi connectivity index (χ2n) is 6.85. The molecule has 1 aromatic carbocycles. The molecule has 0 saturated carbocycles. The number of carbonyl (C=O) groups excluding carboxylic acids is 2. The zero-order valence-electron chi connectivity index (χ0n) is 14.9. The van der Waals surface area contributed by atoms with Crippen LogP contribution in [0.3, 0.4) is 0 Å². The fourth-order valence-electron chi connectivity index (χ4n) is 3.82. The van der Waals surface area contributed by atoms with Gasteiger partial charge < -0.3 is 14.2 Å². The minimum atomic E-state index is -0.193. The molecule has 1 unspecified atom stereocenters. The normalized spacial score (nSPS) is 18.7. The Hall–Kier alpha value is -2.60. The number of anilines is 1. The van der Waals surface area contributed by atoms with E-state index in [1.807, 2.05) is 30.0 Å². The molecule has 0 aliphatic carbocycles. The number of nitrogens with zero attached hydrogens (tertiary/aromatic N) is 3. The molecule has 0 spiro atoms. The van der Waals surface area contributed by atoms with Crippen LogP contribution in [-0.2, 0) is 11.2 Å². The number of piperazine rings is 1. The van der Waals surface area contributed by atoms with E-state index in [2.05, 4.69) is 11.0 Å². The molecule has 0 radical (unpaired) electrons. The first-order chi connectivity index (χ1) is 12.6. The van der Waals surface area contributed by atoms with Crippen molar-refractivity contribution in [1.29, 1.82) is 0 Å². The first kappa shape index (κ1) is 16.8. The molecule has 1 atom stereocenters. The van der Waals surface area contributed by atoms with Crippen molar-refractivity contribution in [3.05, 3.63) is 54.0 Å². The average molecular weight is 353 g/mol. The van der Waals surface area contributed by atoms with Gasteiger partial charge in [-0.05, 0) is 37.1 Å².